The molecular formula is C18H29F. The largest absolute Gasteiger partial charge is 0.207 e. The molecule has 0 saturated heterocycles. The van der Waals surface area contributed by atoms with E-state index >= 15 is 0 Å². The molecule has 0 N–H and O–H groups in total. The summed E-state index contributed by atoms with van der Waals surface area (Å²) in [6.45, 7) is 13.2. The second-order valence-corrected chi connectivity index (χ2v) is 6.23. The predicted octanol–water partition coefficient (Wildman–Crippen LogP) is 5.98. The fourth-order valence-electron chi connectivity index (χ4n) is 2.65. The van der Waals surface area contributed by atoms with Crippen molar-refractivity contribution >= 4 is 0 Å². The van der Waals surface area contributed by atoms with Crippen molar-refractivity contribution in [2.75, 3.05) is 0 Å². The fourth-order valence-corrected chi connectivity index (χ4v) is 2.65. The van der Waals surface area contributed by atoms with Crippen LogP contribution in [0.1, 0.15) is 78.4 Å². The molecule has 0 aromatic heterocycles. The van der Waals surface area contributed by atoms with E-state index in [-0.39, 0.29) is 16.6 Å². The average Bonchev–Trinajstić information content (AvgIpc) is 2.46. The Kier molecular flexibility index (Phi) is 5.18. The Labute approximate surface area is 118 Å². The molecule has 0 aliphatic carbocycles. The van der Waals surface area contributed by atoms with Crippen molar-refractivity contribution < 1.29 is 4.39 Å². The van der Waals surface area contributed by atoms with E-state index in [4.69, 9.17) is 0 Å². The lowest BCUT2D eigenvalue weighted by Gasteiger charge is -2.32. The molecule has 0 atom stereocenters. The van der Waals surface area contributed by atoms with Gasteiger partial charge in [-0.25, -0.2) is 4.39 Å². The minimum absolute atomic E-state index is 0.0514. The van der Waals surface area contributed by atoms with Gasteiger partial charge in [-0.05, 0) is 53.7 Å². The Morgan fingerprint density at radius 2 is 1.32 bits per heavy atom. The predicted molar refractivity (Wildman–Crippen MR) is 82.3 cm³/mol. The summed E-state index contributed by atoms with van der Waals surface area (Å²) in [6, 6.07) is 5.75. The smallest absolute Gasteiger partial charge is 0.126 e. The summed E-state index contributed by atoms with van der Waals surface area (Å²) in [7, 11) is 0. The maximum absolute atomic E-state index is 14.2. The van der Waals surface area contributed by atoms with Crippen LogP contribution in [-0.2, 0) is 10.8 Å². The van der Waals surface area contributed by atoms with Crippen LogP contribution < -0.4 is 0 Å². The maximum atomic E-state index is 14.2. The van der Waals surface area contributed by atoms with E-state index in [1.54, 1.807) is 6.07 Å². The molecule has 0 saturated carbocycles. The third-order valence-electron chi connectivity index (χ3n) is 5.43. The first-order valence-corrected chi connectivity index (χ1v) is 7.67. The molecule has 0 radical (unpaired) electrons. The molecule has 0 aliphatic heterocycles. The minimum atomic E-state index is -0.0531. The summed E-state index contributed by atoms with van der Waals surface area (Å²) in [5.74, 6) is -0.0514. The molecule has 1 aromatic carbocycles. The quantitative estimate of drug-likeness (QED) is 0.592. The third-order valence-corrected chi connectivity index (χ3v) is 5.43. The molecule has 0 unspecified atom stereocenters. The number of rotatable bonds is 6. The van der Waals surface area contributed by atoms with Crippen LogP contribution in [0.5, 0.6) is 0 Å². The molecular weight excluding hydrogens is 235 g/mol. The number of benzene rings is 1. The van der Waals surface area contributed by atoms with Gasteiger partial charge in [0.15, 0.2) is 0 Å². The Bertz CT molecular complexity index is 412. The van der Waals surface area contributed by atoms with Crippen molar-refractivity contribution in [3.63, 3.8) is 0 Å². The van der Waals surface area contributed by atoms with Gasteiger partial charge in [-0.15, -0.1) is 0 Å². The summed E-state index contributed by atoms with van der Waals surface area (Å²) in [5, 5.41) is 0. The van der Waals surface area contributed by atoms with Gasteiger partial charge in [-0.1, -0.05) is 53.7 Å². The molecule has 108 valence electrons. The summed E-state index contributed by atoms with van der Waals surface area (Å²) in [5.41, 5.74) is 2.28. The molecule has 1 aromatic rings. The summed E-state index contributed by atoms with van der Waals surface area (Å²) in [6.07, 6.45) is 4.12. The highest BCUT2D eigenvalue weighted by atomic mass is 19.1. The molecule has 0 nitrogen and oxygen atoms in total. The van der Waals surface area contributed by atoms with Gasteiger partial charge >= 0.3 is 0 Å². The van der Waals surface area contributed by atoms with Crippen LogP contribution in [-0.4, -0.2) is 0 Å². The summed E-state index contributed by atoms with van der Waals surface area (Å²) in [4.78, 5) is 0. The van der Waals surface area contributed by atoms with Gasteiger partial charge in [-0.2, -0.15) is 0 Å². The zero-order valence-corrected chi connectivity index (χ0v) is 13.4. The first kappa shape index (κ1) is 16.2. The van der Waals surface area contributed by atoms with Crippen LogP contribution in [0, 0.1) is 5.82 Å². The topological polar surface area (TPSA) is 0 Å². The van der Waals surface area contributed by atoms with Gasteiger partial charge in [0.25, 0.3) is 0 Å². The van der Waals surface area contributed by atoms with Crippen molar-refractivity contribution in [2.45, 2.75) is 78.1 Å². The van der Waals surface area contributed by atoms with E-state index in [0.29, 0.717) is 0 Å². The first-order valence-electron chi connectivity index (χ1n) is 7.67. The number of hydrogen-bond acceptors (Lipinski definition) is 0. The SMILES string of the molecule is CCC(C)(CC)c1ccc(F)c(C(C)(CC)CC)c1. The molecule has 1 rings (SSSR count). The van der Waals surface area contributed by atoms with E-state index in [2.05, 4.69) is 47.6 Å². The van der Waals surface area contributed by atoms with Crippen molar-refractivity contribution in [1.82, 2.24) is 0 Å². The van der Waals surface area contributed by atoms with Gasteiger partial charge in [0, 0.05) is 0 Å². The number of halogens is 1. The molecule has 0 amide bonds. The zero-order chi connectivity index (χ0) is 14.7. The van der Waals surface area contributed by atoms with Crippen molar-refractivity contribution in [2.24, 2.45) is 0 Å². The van der Waals surface area contributed by atoms with Crippen molar-refractivity contribution in [3.05, 3.63) is 35.1 Å². The number of hydrogen-bond donors (Lipinski definition) is 0. The van der Waals surface area contributed by atoms with Gasteiger partial charge in [0.2, 0.25) is 0 Å². The molecule has 19 heavy (non-hydrogen) atoms. The first-order chi connectivity index (χ1) is 8.86. The van der Waals surface area contributed by atoms with Crippen LogP contribution in [0.2, 0.25) is 0 Å². The lowest BCUT2D eigenvalue weighted by atomic mass is 9.73. The van der Waals surface area contributed by atoms with Gasteiger partial charge in [0.05, 0.1) is 0 Å². The fraction of sp³-hybridized carbons (Fsp3) is 0.667. The van der Waals surface area contributed by atoms with Gasteiger partial charge in [0.1, 0.15) is 5.82 Å². The molecule has 1 heteroatoms. The minimum Gasteiger partial charge on any atom is -0.207 e. The van der Waals surface area contributed by atoms with Crippen LogP contribution >= 0.6 is 0 Å². The summed E-state index contributed by atoms with van der Waals surface area (Å²) >= 11 is 0. The Hall–Kier alpha value is -0.850. The van der Waals surface area contributed by atoms with E-state index in [9.17, 15) is 4.39 Å². The maximum Gasteiger partial charge on any atom is 0.126 e. The van der Waals surface area contributed by atoms with E-state index in [1.807, 2.05) is 6.07 Å². The van der Waals surface area contributed by atoms with Crippen LogP contribution in [0.25, 0.3) is 0 Å². The monoisotopic (exact) mass is 264 g/mol. The van der Waals surface area contributed by atoms with E-state index in [1.165, 1.54) is 5.56 Å². The zero-order valence-electron chi connectivity index (χ0n) is 13.4. The Morgan fingerprint density at radius 3 is 1.74 bits per heavy atom. The third kappa shape index (κ3) is 3.01. The summed E-state index contributed by atoms with van der Waals surface area (Å²) < 4.78 is 14.2. The highest BCUT2D eigenvalue weighted by Gasteiger charge is 2.29. The van der Waals surface area contributed by atoms with Gasteiger partial charge in [-0.3, -0.25) is 0 Å². The Morgan fingerprint density at radius 1 is 0.842 bits per heavy atom. The van der Waals surface area contributed by atoms with Crippen LogP contribution in [0.15, 0.2) is 18.2 Å². The molecule has 0 bridgehead atoms. The van der Waals surface area contributed by atoms with Crippen LogP contribution in [0.4, 0.5) is 4.39 Å². The average molecular weight is 264 g/mol. The highest BCUT2D eigenvalue weighted by Crippen LogP contribution is 2.37. The van der Waals surface area contributed by atoms with Gasteiger partial charge < -0.3 is 0 Å². The second-order valence-electron chi connectivity index (χ2n) is 6.23. The molecule has 0 fully saturated rings. The normalized spacial score (nSPS) is 12.8. The van der Waals surface area contributed by atoms with E-state index < -0.39 is 0 Å². The Balaban J connectivity index is 3.36. The lowest BCUT2D eigenvalue weighted by Crippen LogP contribution is -2.25. The van der Waals surface area contributed by atoms with Crippen molar-refractivity contribution in [3.8, 4) is 0 Å². The second kappa shape index (κ2) is 6.07. The molecule has 0 aliphatic rings. The molecule has 0 heterocycles. The van der Waals surface area contributed by atoms with Crippen molar-refractivity contribution in [1.29, 1.82) is 0 Å². The van der Waals surface area contributed by atoms with Crippen LogP contribution in [0.3, 0.4) is 0 Å². The van der Waals surface area contributed by atoms with E-state index in [0.717, 1.165) is 31.2 Å². The highest BCUT2D eigenvalue weighted by molar-refractivity contribution is 5.35. The standard InChI is InChI=1S/C18H29F/c1-7-17(5,8-2)14-11-12-16(19)15(13-14)18(6,9-3)10-4/h11-13H,7-10H2,1-6H3. The molecule has 0 spiro atoms. The lowest BCUT2D eigenvalue weighted by molar-refractivity contribution is 0.405.